The van der Waals surface area contributed by atoms with Crippen molar-refractivity contribution in [2.45, 2.75) is 18.9 Å². The predicted molar refractivity (Wildman–Crippen MR) is 74.8 cm³/mol. The number of hydrogen-bond donors (Lipinski definition) is 2. The lowest BCUT2D eigenvalue weighted by atomic mass is 10.1. The maximum atomic E-state index is 12.3. The van der Waals surface area contributed by atoms with Crippen molar-refractivity contribution < 1.29 is 4.79 Å². The summed E-state index contributed by atoms with van der Waals surface area (Å²) in [6, 6.07) is 5.35. The first kappa shape index (κ1) is 12.8. The van der Waals surface area contributed by atoms with Gasteiger partial charge in [-0.25, -0.2) is 4.98 Å². The van der Waals surface area contributed by atoms with Crippen molar-refractivity contribution in [2.24, 2.45) is 0 Å². The number of rotatable bonds is 2. The second kappa shape index (κ2) is 5.42. The Morgan fingerprint density at radius 3 is 3.15 bits per heavy atom. The summed E-state index contributed by atoms with van der Waals surface area (Å²) in [7, 11) is 0. The summed E-state index contributed by atoms with van der Waals surface area (Å²) in [6.45, 7) is 1.72. The maximum Gasteiger partial charge on any atom is 0.270 e. The van der Waals surface area contributed by atoms with Gasteiger partial charge in [0.1, 0.15) is 11.2 Å². The minimum atomic E-state index is -0.352. The van der Waals surface area contributed by atoms with Gasteiger partial charge in [0.2, 0.25) is 0 Å². The summed E-state index contributed by atoms with van der Waals surface area (Å²) >= 11 is 0. The molecule has 2 aromatic rings. The molecule has 1 atom stereocenters. The molecule has 1 aliphatic rings. The number of carbonyl (C=O) groups excluding carboxylic acids is 1. The van der Waals surface area contributed by atoms with E-state index >= 15 is 0 Å². The van der Waals surface area contributed by atoms with Crippen LogP contribution in [0, 0.1) is 0 Å². The lowest BCUT2D eigenvalue weighted by Crippen LogP contribution is -2.46. The van der Waals surface area contributed by atoms with Crippen LogP contribution in [0.15, 0.2) is 35.4 Å². The zero-order valence-electron chi connectivity index (χ0n) is 11.0. The summed E-state index contributed by atoms with van der Waals surface area (Å²) in [4.78, 5) is 28.6. The Morgan fingerprint density at radius 2 is 2.35 bits per heavy atom. The molecule has 2 aromatic heterocycles. The van der Waals surface area contributed by atoms with E-state index < -0.39 is 0 Å². The van der Waals surface area contributed by atoms with Gasteiger partial charge in [-0.1, -0.05) is 6.07 Å². The monoisotopic (exact) mass is 272 g/mol. The third-order valence-electron chi connectivity index (χ3n) is 3.49. The van der Waals surface area contributed by atoms with Crippen LogP contribution < -0.4 is 16.2 Å². The quantitative estimate of drug-likeness (QED) is 0.817. The Labute approximate surface area is 115 Å². The van der Waals surface area contributed by atoms with Crippen molar-refractivity contribution in [1.82, 2.24) is 20.0 Å². The summed E-state index contributed by atoms with van der Waals surface area (Å²) in [5.41, 5.74) is 0.282. The minimum absolute atomic E-state index is 0.0760. The summed E-state index contributed by atoms with van der Waals surface area (Å²) in [6.07, 6.45) is 4.92. The topological polar surface area (TPSA) is 75.5 Å². The second-order valence-electron chi connectivity index (χ2n) is 4.92. The smallest absolute Gasteiger partial charge is 0.270 e. The third kappa shape index (κ3) is 2.42. The summed E-state index contributed by atoms with van der Waals surface area (Å²) in [5.74, 6) is -0.352. The molecule has 0 bridgehead atoms. The van der Waals surface area contributed by atoms with E-state index in [1.807, 2.05) is 0 Å². The maximum absolute atomic E-state index is 12.3. The van der Waals surface area contributed by atoms with Crippen LogP contribution in [0.3, 0.4) is 0 Å². The second-order valence-corrected chi connectivity index (χ2v) is 4.92. The molecule has 0 saturated carbocycles. The van der Waals surface area contributed by atoms with Crippen LogP contribution in [0.25, 0.3) is 5.65 Å². The fourth-order valence-corrected chi connectivity index (χ4v) is 2.42. The molecule has 2 N–H and O–H groups in total. The van der Waals surface area contributed by atoms with E-state index in [-0.39, 0.29) is 23.1 Å². The van der Waals surface area contributed by atoms with Crippen molar-refractivity contribution in [3.05, 3.63) is 46.5 Å². The molecule has 0 aromatic carbocycles. The third-order valence-corrected chi connectivity index (χ3v) is 3.49. The minimum Gasteiger partial charge on any atom is -0.348 e. The predicted octanol–water partition coefficient (Wildman–Crippen LogP) is 0.176. The van der Waals surface area contributed by atoms with Crippen molar-refractivity contribution in [2.75, 3.05) is 13.1 Å². The molecule has 3 heterocycles. The number of pyridine rings is 1. The molecule has 1 aliphatic heterocycles. The molecule has 20 heavy (non-hydrogen) atoms. The number of aromatic nitrogens is 2. The van der Waals surface area contributed by atoms with E-state index in [4.69, 9.17) is 0 Å². The lowest BCUT2D eigenvalue weighted by molar-refractivity contribution is 0.0928. The molecule has 104 valence electrons. The van der Waals surface area contributed by atoms with Gasteiger partial charge >= 0.3 is 0 Å². The number of hydrogen-bond acceptors (Lipinski definition) is 4. The Hall–Kier alpha value is -2.21. The van der Waals surface area contributed by atoms with E-state index in [1.54, 1.807) is 24.4 Å². The molecule has 0 unspecified atom stereocenters. The number of fused-ring (bicyclic) bond motifs is 1. The Balaban J connectivity index is 1.87. The molecule has 1 saturated heterocycles. The fourth-order valence-electron chi connectivity index (χ4n) is 2.42. The van der Waals surface area contributed by atoms with E-state index in [1.165, 1.54) is 10.6 Å². The molecular formula is C14H16N4O2. The Kier molecular flexibility index (Phi) is 3.47. The normalized spacial score (nSPS) is 18.9. The van der Waals surface area contributed by atoms with Gasteiger partial charge < -0.3 is 10.6 Å². The zero-order chi connectivity index (χ0) is 13.9. The highest BCUT2D eigenvalue weighted by Gasteiger charge is 2.19. The highest BCUT2D eigenvalue weighted by atomic mass is 16.2. The average molecular weight is 272 g/mol. The van der Waals surface area contributed by atoms with Gasteiger partial charge in [0.05, 0.1) is 0 Å². The van der Waals surface area contributed by atoms with E-state index in [0.29, 0.717) is 5.65 Å². The van der Waals surface area contributed by atoms with Crippen LogP contribution in [0.2, 0.25) is 0 Å². The van der Waals surface area contributed by atoms with Crippen molar-refractivity contribution >= 4 is 11.6 Å². The summed E-state index contributed by atoms with van der Waals surface area (Å²) in [5, 5.41) is 6.11. The molecule has 0 aliphatic carbocycles. The number of amides is 1. The molecule has 0 radical (unpaired) electrons. The molecule has 6 heteroatoms. The summed E-state index contributed by atoms with van der Waals surface area (Å²) < 4.78 is 1.38. The average Bonchev–Trinajstić information content (AvgIpc) is 2.49. The molecular weight excluding hydrogens is 256 g/mol. The highest BCUT2D eigenvalue weighted by molar-refractivity contribution is 5.93. The van der Waals surface area contributed by atoms with Crippen LogP contribution in [-0.4, -0.2) is 34.4 Å². The van der Waals surface area contributed by atoms with E-state index in [0.717, 1.165) is 25.9 Å². The number of piperidine rings is 1. The molecule has 1 fully saturated rings. The number of nitrogens with zero attached hydrogens (tertiary/aromatic N) is 2. The van der Waals surface area contributed by atoms with Crippen molar-refractivity contribution in [3.63, 3.8) is 0 Å². The standard InChI is InChI=1S/C14H16N4O2/c19-13(17-10-4-3-6-15-8-10)11-9-16-12-5-1-2-7-18(12)14(11)20/h1-2,5,7,9-10,15H,3-4,6,8H2,(H,17,19)/t10-/m0/s1. The van der Waals surface area contributed by atoms with Crippen molar-refractivity contribution in [1.29, 1.82) is 0 Å². The van der Waals surface area contributed by atoms with Crippen LogP contribution in [0.1, 0.15) is 23.2 Å². The van der Waals surface area contributed by atoms with Crippen molar-refractivity contribution in [3.8, 4) is 0 Å². The fraction of sp³-hybridized carbons (Fsp3) is 0.357. The SMILES string of the molecule is O=C(N[C@H]1CCCNC1)c1cnc2ccccn2c1=O. The van der Waals surface area contributed by atoms with E-state index in [2.05, 4.69) is 15.6 Å². The van der Waals surface area contributed by atoms with Gasteiger partial charge in [0.25, 0.3) is 11.5 Å². The van der Waals surface area contributed by atoms with Gasteiger partial charge in [0, 0.05) is 25.0 Å². The largest absolute Gasteiger partial charge is 0.348 e. The van der Waals surface area contributed by atoms with Crippen LogP contribution in [-0.2, 0) is 0 Å². The van der Waals surface area contributed by atoms with Gasteiger partial charge in [-0.05, 0) is 31.5 Å². The van der Waals surface area contributed by atoms with Gasteiger partial charge in [-0.3, -0.25) is 14.0 Å². The molecule has 0 spiro atoms. The van der Waals surface area contributed by atoms with Crippen LogP contribution in [0.4, 0.5) is 0 Å². The first-order valence-corrected chi connectivity index (χ1v) is 6.74. The van der Waals surface area contributed by atoms with Crippen LogP contribution >= 0.6 is 0 Å². The Bertz CT molecular complexity index is 689. The molecule has 1 amide bonds. The first-order chi connectivity index (χ1) is 9.75. The zero-order valence-corrected chi connectivity index (χ0v) is 11.0. The Morgan fingerprint density at radius 1 is 1.45 bits per heavy atom. The van der Waals surface area contributed by atoms with Gasteiger partial charge in [0.15, 0.2) is 0 Å². The lowest BCUT2D eigenvalue weighted by Gasteiger charge is -2.23. The number of carbonyl (C=O) groups is 1. The van der Waals surface area contributed by atoms with Gasteiger partial charge in [-0.2, -0.15) is 0 Å². The first-order valence-electron chi connectivity index (χ1n) is 6.74. The number of nitrogens with one attached hydrogen (secondary N) is 2. The van der Waals surface area contributed by atoms with Crippen LogP contribution in [0.5, 0.6) is 0 Å². The molecule has 3 rings (SSSR count). The molecule has 6 nitrogen and oxygen atoms in total. The van der Waals surface area contributed by atoms with Gasteiger partial charge in [-0.15, -0.1) is 0 Å². The highest BCUT2D eigenvalue weighted by Crippen LogP contribution is 2.03. The van der Waals surface area contributed by atoms with E-state index in [9.17, 15) is 9.59 Å².